The monoisotopic (exact) mass is 1520 g/mol. The van der Waals surface area contributed by atoms with E-state index in [4.69, 9.17) is 74.8 Å². The van der Waals surface area contributed by atoms with E-state index in [0.717, 1.165) is 128 Å². The normalized spacial score (nSPS) is 26.5. The molecule has 0 radical (unpaired) electrons. The lowest BCUT2D eigenvalue weighted by Crippen LogP contribution is -2.51. The predicted octanol–water partition coefficient (Wildman–Crippen LogP) is 18.2. The van der Waals surface area contributed by atoms with Crippen LogP contribution in [0.25, 0.3) is 10.8 Å². The summed E-state index contributed by atoms with van der Waals surface area (Å²) in [4.78, 5) is 44.1. The van der Waals surface area contributed by atoms with E-state index in [0.29, 0.717) is 101 Å². The number of Topliss-reactive ketones (excluding diaryl/α,β-unsaturated/α-hetero) is 2. The molecule has 0 amide bonds. The van der Waals surface area contributed by atoms with Gasteiger partial charge in [0.2, 0.25) is 0 Å². The Kier molecular flexibility index (Phi) is 39.2. The van der Waals surface area contributed by atoms with Crippen LogP contribution < -0.4 is 0 Å². The quantitative estimate of drug-likeness (QED) is 0.0617. The number of hydrogen-bond acceptors (Lipinski definition) is 13. The third-order valence-electron chi connectivity index (χ3n) is 21.6. The van der Waals surface area contributed by atoms with Crippen LogP contribution in [0.4, 0.5) is 0 Å². The van der Waals surface area contributed by atoms with Gasteiger partial charge >= 0.3 is 5.97 Å². The topological polar surface area (TPSA) is 120 Å². The third kappa shape index (κ3) is 25.9. The molecule has 5 saturated carbocycles. The van der Waals surface area contributed by atoms with E-state index in [1.807, 2.05) is 36.4 Å². The van der Waals surface area contributed by atoms with Crippen molar-refractivity contribution in [3.8, 4) is 0 Å². The summed E-state index contributed by atoms with van der Waals surface area (Å²) in [5, 5.41) is 5.30. The zero-order valence-electron chi connectivity index (χ0n) is 57.9. The molecule has 9 fully saturated rings. The Morgan fingerprint density at radius 3 is 1.41 bits per heavy atom. The van der Waals surface area contributed by atoms with Crippen LogP contribution in [0.3, 0.4) is 0 Å². The number of ether oxygens (including phenoxy) is 6. The van der Waals surface area contributed by atoms with Gasteiger partial charge in [0.15, 0.2) is 0 Å². The van der Waals surface area contributed by atoms with Crippen molar-refractivity contribution in [2.75, 3.05) is 78.8 Å². The molecule has 9 atom stereocenters. The van der Waals surface area contributed by atoms with E-state index in [9.17, 15) is 14.4 Å². The van der Waals surface area contributed by atoms with E-state index < -0.39 is 0 Å². The molecule has 0 aromatic heterocycles. The molecule has 9 aliphatic rings. The van der Waals surface area contributed by atoms with Gasteiger partial charge in [0.1, 0.15) is 17.7 Å². The summed E-state index contributed by atoms with van der Waals surface area (Å²) in [5.41, 5.74) is 3.12. The highest BCUT2D eigenvalue weighted by molar-refractivity contribution is 6.36. The number of rotatable bonds is 20. The maximum Gasteiger partial charge on any atom is 0.302 e. The predicted molar refractivity (Wildman–Crippen MR) is 408 cm³/mol. The smallest absolute Gasteiger partial charge is 0.302 e. The van der Waals surface area contributed by atoms with Crippen molar-refractivity contribution >= 4 is 124 Å². The van der Waals surface area contributed by atoms with Crippen molar-refractivity contribution < 1.29 is 42.8 Å². The lowest BCUT2D eigenvalue weighted by Gasteiger charge is -2.41. The number of esters is 1. The second kappa shape index (κ2) is 45.3. The highest BCUT2D eigenvalue weighted by Gasteiger charge is 2.39. The van der Waals surface area contributed by atoms with Crippen LogP contribution in [0.5, 0.6) is 0 Å². The van der Waals surface area contributed by atoms with Gasteiger partial charge in [-0.15, -0.1) is 49.6 Å². The van der Waals surface area contributed by atoms with Gasteiger partial charge in [0.25, 0.3) is 0 Å². The standard InChI is InChI=1S/C24H31NO3.C19H33NO2.C17H23Cl2NO2.C17H21Cl2NO2.4ClH/c1-18(26)28-21-13-15-25(17-21)23-11-4-5-12-24(23)27-16-14-20-9-6-8-19-7-2-3-10-22(19)20;21-17-12-13-20(15-17)18-10-4-5-11-19(18)22-14-6-9-16-7-2-1-3-8-16;18-14-4-3-5-15(19)13(14)12-22-17-7-2-1-6-16(17)20-8-10-21-11-9-20;18-14-4-3-5-15(19)13(14)11-22-17-7-2-1-6-16(17)20-9-8-12(21)10-20;;;;/h2-3,6-10,21,23-24H,4-5,11-17H2,1H3;16,18-19H,1-15H2;3-5,16-17H,1-2,6-12H2;3-5,16-17H,1-2,6-11H2;4*1H/t21?,23-,24?;18-,19?;2*16-,17?;;;;/m1111..../s1. The molecule has 4 aliphatic heterocycles. The summed E-state index contributed by atoms with van der Waals surface area (Å²) in [6.07, 6.45) is 33.5. The van der Waals surface area contributed by atoms with Crippen molar-refractivity contribution in [2.24, 2.45) is 5.92 Å². The van der Waals surface area contributed by atoms with Gasteiger partial charge in [-0.1, -0.05) is 184 Å². The van der Waals surface area contributed by atoms with Gasteiger partial charge in [-0.2, -0.15) is 0 Å². The average molecular weight is 1520 g/mol. The Hall–Kier alpha value is -2.09. The van der Waals surface area contributed by atoms with Crippen molar-refractivity contribution in [1.29, 1.82) is 0 Å². The van der Waals surface area contributed by atoms with Crippen molar-refractivity contribution in [1.82, 2.24) is 19.6 Å². The van der Waals surface area contributed by atoms with E-state index in [1.54, 1.807) is 0 Å². The van der Waals surface area contributed by atoms with Gasteiger partial charge in [0, 0.05) is 121 Å². The van der Waals surface area contributed by atoms with E-state index >= 15 is 0 Å². The first-order valence-electron chi connectivity index (χ1n) is 36.5. The first-order chi connectivity index (χ1) is 45.9. The third-order valence-corrected chi connectivity index (χ3v) is 23.0. The fourth-order valence-electron chi connectivity index (χ4n) is 16.6. The summed E-state index contributed by atoms with van der Waals surface area (Å²) in [7, 11) is 0. The summed E-state index contributed by atoms with van der Waals surface area (Å²) in [5.74, 6) is 1.56. The molecular weight excluding hydrogens is 1410 g/mol. The Morgan fingerprint density at radius 2 is 0.908 bits per heavy atom. The minimum Gasteiger partial charge on any atom is -0.461 e. The second-order valence-corrected chi connectivity index (χ2v) is 29.7. The fraction of sp³-hybridized carbons (Fsp3) is 0.675. The molecule has 550 valence electrons. The van der Waals surface area contributed by atoms with Crippen LogP contribution in [-0.4, -0.2) is 171 Å². The number of likely N-dealkylation sites (tertiary alicyclic amines) is 3. The van der Waals surface area contributed by atoms with E-state index in [2.05, 4.69) is 62.1 Å². The molecule has 0 spiro atoms. The molecule has 13 nitrogen and oxygen atoms in total. The molecule has 4 aromatic carbocycles. The molecule has 0 N–H and O–H groups in total. The van der Waals surface area contributed by atoms with Crippen LogP contribution >= 0.6 is 96.0 Å². The summed E-state index contributed by atoms with van der Waals surface area (Å²) in [6.45, 7) is 12.8. The first kappa shape index (κ1) is 84.8. The number of nitrogens with zero attached hydrogens (tertiary/aromatic N) is 4. The van der Waals surface area contributed by atoms with Gasteiger partial charge in [-0.3, -0.25) is 34.0 Å². The summed E-state index contributed by atoms with van der Waals surface area (Å²) in [6, 6.07) is 28.0. The fourth-order valence-corrected chi connectivity index (χ4v) is 17.6. The van der Waals surface area contributed by atoms with Gasteiger partial charge in [-0.25, -0.2) is 0 Å². The minimum atomic E-state index is -0.168. The maximum absolute atomic E-state index is 11.6. The molecule has 4 aromatic rings. The molecule has 5 unspecified atom stereocenters. The maximum atomic E-state index is 11.6. The first-order valence-corrected chi connectivity index (χ1v) is 38.0. The van der Waals surface area contributed by atoms with Crippen molar-refractivity contribution in [2.45, 2.75) is 248 Å². The second-order valence-electron chi connectivity index (χ2n) is 28.0. The summed E-state index contributed by atoms with van der Waals surface area (Å²) >= 11 is 24.9. The molecule has 4 saturated heterocycles. The SMILES string of the molecule is CC(=O)OC1CCN([C@@H]2CCCCC2OCCc2cccc3ccccc23)C1.Cl.Cl.Cl.Cl.Clc1cccc(Cl)c1COC1CCCC[C@H]1N1CCOCC1.O=C1CCN([C@@H]2CCCCC2OCCCC2CCCCC2)C1.O=C1CCN([C@@H]2CCCCC2OCc2c(Cl)cccc2Cl)C1. The number of carbonyl (C=O) groups is 3. The Balaban J connectivity index is 0.000000205. The lowest BCUT2D eigenvalue weighted by atomic mass is 9.86. The zero-order valence-corrected chi connectivity index (χ0v) is 64.2. The molecular formula is C77H112Cl8N4O9. The number of morpholine rings is 1. The number of benzene rings is 4. The highest BCUT2D eigenvalue weighted by Crippen LogP contribution is 2.36. The van der Waals surface area contributed by atoms with Gasteiger partial charge in [-0.05, 0) is 124 Å². The lowest BCUT2D eigenvalue weighted by molar-refractivity contribution is -0.146. The Bertz CT molecular complexity index is 2940. The molecule has 0 bridgehead atoms. The number of ketones is 2. The highest BCUT2D eigenvalue weighted by atomic mass is 35.5. The van der Waals surface area contributed by atoms with Gasteiger partial charge < -0.3 is 28.4 Å². The van der Waals surface area contributed by atoms with Crippen LogP contribution in [0.2, 0.25) is 20.1 Å². The molecule has 4 heterocycles. The van der Waals surface area contributed by atoms with Crippen LogP contribution in [-0.2, 0) is 62.4 Å². The molecule has 13 rings (SSSR count). The Morgan fingerprint density at radius 1 is 0.469 bits per heavy atom. The largest absolute Gasteiger partial charge is 0.461 e. The van der Waals surface area contributed by atoms with Crippen molar-refractivity contribution in [3.05, 3.63) is 116 Å². The van der Waals surface area contributed by atoms with E-state index in [-0.39, 0.29) is 73.9 Å². The summed E-state index contributed by atoms with van der Waals surface area (Å²) < 4.78 is 36.0. The molecule has 21 heteroatoms. The van der Waals surface area contributed by atoms with Crippen LogP contribution in [0.15, 0.2) is 78.9 Å². The number of carbonyl (C=O) groups excluding carboxylic acids is 3. The average Bonchev–Trinajstić information content (AvgIpc) is 1.73. The Labute approximate surface area is 630 Å². The number of hydrogen-bond donors (Lipinski definition) is 0. The van der Waals surface area contributed by atoms with Crippen LogP contribution in [0.1, 0.15) is 191 Å². The minimum absolute atomic E-state index is 0. The zero-order chi connectivity index (χ0) is 65.4. The van der Waals surface area contributed by atoms with Crippen LogP contribution in [0, 0.1) is 5.92 Å². The number of halogens is 8. The number of fused-ring (bicyclic) bond motifs is 1. The van der Waals surface area contributed by atoms with E-state index in [1.165, 1.54) is 145 Å². The molecule has 98 heavy (non-hydrogen) atoms. The molecule has 5 aliphatic carbocycles. The van der Waals surface area contributed by atoms with Crippen molar-refractivity contribution in [3.63, 3.8) is 0 Å². The van der Waals surface area contributed by atoms with Gasteiger partial charge in [0.05, 0.1) is 70.5 Å².